The molecule has 30 heavy (non-hydrogen) atoms. The van der Waals surface area contributed by atoms with E-state index < -0.39 is 0 Å². The molecule has 1 saturated carbocycles. The Balaban J connectivity index is 0.00000320. The summed E-state index contributed by atoms with van der Waals surface area (Å²) in [5.74, 6) is 3.54. The summed E-state index contributed by atoms with van der Waals surface area (Å²) in [7, 11) is 3.39. The van der Waals surface area contributed by atoms with Crippen molar-refractivity contribution >= 4 is 29.9 Å². The number of nitrogens with one attached hydrogen (secondary N) is 2. The Hall–Kier alpha value is -2.23. The van der Waals surface area contributed by atoms with Crippen LogP contribution in [0.2, 0.25) is 0 Å². The second kappa shape index (κ2) is 12.5. The summed E-state index contributed by atoms with van der Waals surface area (Å²) in [5.41, 5.74) is 1.09. The predicted octanol–water partition coefficient (Wildman–Crippen LogP) is 3.63. The Morgan fingerprint density at radius 3 is 2.67 bits per heavy atom. The first kappa shape index (κ1) is 24.0. The Morgan fingerprint density at radius 2 is 1.97 bits per heavy atom. The number of pyridine rings is 1. The monoisotopic (exact) mass is 526 g/mol. The van der Waals surface area contributed by atoms with Gasteiger partial charge in [-0.3, -0.25) is 4.99 Å². The molecule has 0 spiro atoms. The molecule has 0 amide bonds. The summed E-state index contributed by atoms with van der Waals surface area (Å²) in [6.07, 6.45) is 4.25. The molecule has 7 nitrogen and oxygen atoms in total. The zero-order valence-corrected chi connectivity index (χ0v) is 20.1. The molecule has 1 unspecified atom stereocenters. The third-order valence-corrected chi connectivity index (χ3v) is 4.60. The van der Waals surface area contributed by atoms with Crippen molar-refractivity contribution in [1.29, 1.82) is 0 Å². The van der Waals surface area contributed by atoms with Gasteiger partial charge in [0.1, 0.15) is 6.10 Å². The summed E-state index contributed by atoms with van der Waals surface area (Å²) in [6, 6.07) is 11.6. The highest BCUT2D eigenvalue weighted by molar-refractivity contribution is 14.0. The van der Waals surface area contributed by atoms with Crippen molar-refractivity contribution in [3.05, 3.63) is 48.2 Å². The van der Waals surface area contributed by atoms with Crippen LogP contribution in [0.4, 0.5) is 0 Å². The van der Waals surface area contributed by atoms with Crippen molar-refractivity contribution in [1.82, 2.24) is 15.6 Å². The molecule has 2 N–H and O–H groups in total. The van der Waals surface area contributed by atoms with Gasteiger partial charge in [-0.15, -0.1) is 24.0 Å². The molecule has 0 bridgehead atoms. The zero-order chi connectivity index (χ0) is 20.5. The van der Waals surface area contributed by atoms with Crippen LogP contribution in [0.15, 0.2) is 47.6 Å². The number of aromatic nitrogens is 1. The molecule has 2 aromatic rings. The normalized spacial score (nSPS) is 14.3. The number of rotatable bonds is 10. The number of hydrogen-bond donors (Lipinski definition) is 2. The molecule has 3 rings (SSSR count). The molecule has 1 atom stereocenters. The molecule has 1 aromatic heterocycles. The van der Waals surface area contributed by atoms with Gasteiger partial charge in [0.25, 0.3) is 0 Å². The van der Waals surface area contributed by atoms with E-state index in [4.69, 9.17) is 14.2 Å². The molecule has 164 valence electrons. The average Bonchev–Trinajstić information content (AvgIpc) is 3.58. The van der Waals surface area contributed by atoms with E-state index >= 15 is 0 Å². The van der Waals surface area contributed by atoms with Gasteiger partial charge in [-0.05, 0) is 49.4 Å². The van der Waals surface area contributed by atoms with Gasteiger partial charge in [-0.25, -0.2) is 4.98 Å². The number of aliphatic imine (C=N–C) groups is 1. The molecular formula is C22H31IN4O3. The molecule has 8 heteroatoms. The highest BCUT2D eigenvalue weighted by Crippen LogP contribution is 2.29. The highest BCUT2D eigenvalue weighted by atomic mass is 127. The largest absolute Gasteiger partial charge is 0.493 e. The minimum absolute atomic E-state index is 0. The van der Waals surface area contributed by atoms with E-state index in [1.165, 1.54) is 12.8 Å². The van der Waals surface area contributed by atoms with E-state index in [1.807, 2.05) is 43.3 Å². The van der Waals surface area contributed by atoms with Crippen molar-refractivity contribution < 1.29 is 14.2 Å². The first-order valence-electron chi connectivity index (χ1n) is 10.00. The van der Waals surface area contributed by atoms with Crippen molar-refractivity contribution in [2.45, 2.75) is 32.4 Å². The fourth-order valence-corrected chi connectivity index (χ4v) is 2.75. The molecule has 1 heterocycles. The lowest BCUT2D eigenvalue weighted by atomic mass is 10.2. The maximum atomic E-state index is 5.97. The number of guanidine groups is 1. The SMILES string of the molecule is CN=C(NCc1ccnc(OCC2CC2)c1)NCC(C)Oc1ccccc1OC.I. The first-order chi connectivity index (χ1) is 14.2. The van der Waals surface area contributed by atoms with Crippen LogP contribution in [-0.4, -0.2) is 44.4 Å². The molecule has 1 aliphatic carbocycles. The van der Waals surface area contributed by atoms with E-state index in [1.54, 1.807) is 20.4 Å². The van der Waals surface area contributed by atoms with Gasteiger partial charge in [-0.2, -0.15) is 0 Å². The van der Waals surface area contributed by atoms with Crippen LogP contribution >= 0.6 is 24.0 Å². The quantitative estimate of drug-likeness (QED) is 0.280. The van der Waals surface area contributed by atoms with Gasteiger partial charge >= 0.3 is 0 Å². The van der Waals surface area contributed by atoms with Crippen LogP contribution in [0.25, 0.3) is 0 Å². The molecule has 0 aliphatic heterocycles. The van der Waals surface area contributed by atoms with Crippen LogP contribution in [-0.2, 0) is 6.54 Å². The Labute approximate surface area is 195 Å². The van der Waals surface area contributed by atoms with E-state index in [2.05, 4.69) is 20.6 Å². The summed E-state index contributed by atoms with van der Waals surface area (Å²) >= 11 is 0. The van der Waals surface area contributed by atoms with Crippen molar-refractivity contribution in [3.63, 3.8) is 0 Å². The molecular weight excluding hydrogens is 495 g/mol. The average molecular weight is 526 g/mol. The van der Waals surface area contributed by atoms with E-state index in [-0.39, 0.29) is 30.1 Å². The summed E-state index contributed by atoms with van der Waals surface area (Å²) in [4.78, 5) is 8.55. The third kappa shape index (κ3) is 7.89. The first-order valence-corrected chi connectivity index (χ1v) is 10.00. The summed E-state index contributed by atoms with van der Waals surface area (Å²) in [6.45, 7) is 3.99. The molecule has 1 aliphatic rings. The zero-order valence-electron chi connectivity index (χ0n) is 17.8. The molecule has 0 radical (unpaired) electrons. The van der Waals surface area contributed by atoms with Crippen LogP contribution in [0.5, 0.6) is 17.4 Å². The smallest absolute Gasteiger partial charge is 0.213 e. The van der Waals surface area contributed by atoms with Crippen molar-refractivity contribution in [2.75, 3.05) is 27.3 Å². The lowest BCUT2D eigenvalue weighted by Crippen LogP contribution is -2.41. The van der Waals surface area contributed by atoms with Crippen LogP contribution in [0.3, 0.4) is 0 Å². The minimum Gasteiger partial charge on any atom is -0.493 e. The van der Waals surface area contributed by atoms with Gasteiger partial charge in [-0.1, -0.05) is 12.1 Å². The number of nitrogens with zero attached hydrogens (tertiary/aromatic N) is 2. The van der Waals surface area contributed by atoms with E-state index in [9.17, 15) is 0 Å². The van der Waals surface area contributed by atoms with Gasteiger partial charge in [0.15, 0.2) is 17.5 Å². The van der Waals surface area contributed by atoms with Crippen LogP contribution in [0, 0.1) is 5.92 Å². The number of halogens is 1. The van der Waals surface area contributed by atoms with Crippen molar-refractivity contribution in [2.24, 2.45) is 10.9 Å². The van der Waals surface area contributed by atoms with Gasteiger partial charge in [0.05, 0.1) is 20.3 Å². The third-order valence-electron chi connectivity index (χ3n) is 4.60. The van der Waals surface area contributed by atoms with Gasteiger partial charge < -0.3 is 24.8 Å². The maximum Gasteiger partial charge on any atom is 0.213 e. The number of methoxy groups -OCH3 is 1. The Bertz CT molecular complexity index is 814. The topological polar surface area (TPSA) is 77.0 Å². The van der Waals surface area contributed by atoms with Gasteiger partial charge in [0, 0.05) is 25.9 Å². The standard InChI is InChI=1S/C22H30N4O3.HI/c1-16(29-20-7-5-4-6-19(20)27-3)13-25-22(23-2)26-14-18-10-11-24-21(12-18)28-15-17-8-9-17;/h4-7,10-12,16-17H,8-9,13-15H2,1-3H3,(H2,23,25,26);1H. The molecule has 1 fully saturated rings. The molecule has 1 aromatic carbocycles. The van der Waals surface area contributed by atoms with Gasteiger partial charge in [0.2, 0.25) is 5.88 Å². The van der Waals surface area contributed by atoms with Crippen LogP contribution < -0.4 is 24.8 Å². The lowest BCUT2D eigenvalue weighted by Gasteiger charge is -2.19. The maximum absolute atomic E-state index is 5.97. The Morgan fingerprint density at radius 1 is 1.20 bits per heavy atom. The second-order valence-electron chi connectivity index (χ2n) is 7.14. The lowest BCUT2D eigenvalue weighted by molar-refractivity contribution is 0.213. The summed E-state index contributed by atoms with van der Waals surface area (Å²) < 4.78 is 17.0. The number of benzene rings is 1. The minimum atomic E-state index is -0.0619. The molecule has 0 saturated heterocycles. The second-order valence-corrected chi connectivity index (χ2v) is 7.14. The highest BCUT2D eigenvalue weighted by Gasteiger charge is 2.22. The summed E-state index contributed by atoms with van der Waals surface area (Å²) in [5, 5.41) is 6.59. The number of hydrogen-bond acceptors (Lipinski definition) is 5. The Kier molecular flexibility index (Phi) is 9.99. The fraction of sp³-hybridized carbons (Fsp3) is 0.455. The fourth-order valence-electron chi connectivity index (χ4n) is 2.75. The number of ether oxygens (including phenoxy) is 3. The number of para-hydroxylation sites is 2. The van der Waals surface area contributed by atoms with Crippen LogP contribution in [0.1, 0.15) is 25.3 Å². The van der Waals surface area contributed by atoms with E-state index in [0.29, 0.717) is 30.8 Å². The van der Waals surface area contributed by atoms with Crippen molar-refractivity contribution in [3.8, 4) is 17.4 Å². The predicted molar refractivity (Wildman–Crippen MR) is 129 cm³/mol. The van der Waals surface area contributed by atoms with E-state index in [0.717, 1.165) is 23.7 Å².